The number of likely N-dealkylation sites (tertiary alicyclic amines) is 1. The minimum Gasteiger partial charge on any atom is -0.444 e. The summed E-state index contributed by atoms with van der Waals surface area (Å²) in [4.78, 5) is 22.5. The first kappa shape index (κ1) is 21.8. The molecule has 1 aliphatic rings. The van der Waals surface area contributed by atoms with Crippen LogP contribution in [0.3, 0.4) is 0 Å². The Morgan fingerprint density at radius 1 is 1.30 bits per heavy atom. The van der Waals surface area contributed by atoms with Crippen LogP contribution in [0, 0.1) is 19.8 Å². The van der Waals surface area contributed by atoms with E-state index in [2.05, 4.69) is 49.8 Å². The lowest BCUT2D eigenvalue weighted by atomic mass is 9.97. The summed E-state index contributed by atoms with van der Waals surface area (Å²) < 4.78 is 5.59. The molecule has 1 atom stereocenters. The summed E-state index contributed by atoms with van der Waals surface area (Å²) in [5.41, 5.74) is 8.80. The van der Waals surface area contributed by atoms with Crippen molar-refractivity contribution in [2.24, 2.45) is 16.6 Å². The van der Waals surface area contributed by atoms with Crippen LogP contribution < -0.4 is 16.4 Å². The number of amides is 1. The van der Waals surface area contributed by atoms with Gasteiger partial charge in [0.25, 0.3) is 0 Å². The van der Waals surface area contributed by atoms with Crippen molar-refractivity contribution in [3.05, 3.63) is 52.7 Å². The standard InChI is InChI=1S/C22H32N6O2/c1-15-16(2)30-20(27-15)12-26-22(24-3)25-11-17-6-4-7-18(10-17)13-28-9-5-8-19(14-28)21(23)29/h4,6-7,10,19H,5,8-9,11-14H2,1-3H3,(H2,23,29)(H2,24,25,26). The summed E-state index contributed by atoms with van der Waals surface area (Å²) in [5.74, 6) is 1.95. The third-order valence-electron chi connectivity index (χ3n) is 5.47. The molecule has 0 bridgehead atoms. The van der Waals surface area contributed by atoms with Crippen molar-refractivity contribution >= 4 is 11.9 Å². The summed E-state index contributed by atoms with van der Waals surface area (Å²) in [7, 11) is 1.74. The fraction of sp³-hybridized carbons (Fsp3) is 0.500. The number of rotatable bonds is 7. The second-order valence-electron chi connectivity index (χ2n) is 7.83. The summed E-state index contributed by atoms with van der Waals surface area (Å²) in [5, 5.41) is 6.55. The highest BCUT2D eigenvalue weighted by Crippen LogP contribution is 2.18. The zero-order chi connectivity index (χ0) is 21.5. The molecule has 0 aliphatic carbocycles. The Labute approximate surface area is 177 Å². The minimum absolute atomic E-state index is 0.0331. The van der Waals surface area contributed by atoms with E-state index in [-0.39, 0.29) is 11.8 Å². The van der Waals surface area contributed by atoms with Crippen LogP contribution in [-0.4, -0.2) is 41.9 Å². The van der Waals surface area contributed by atoms with Crippen LogP contribution in [0.15, 0.2) is 33.7 Å². The van der Waals surface area contributed by atoms with E-state index in [1.54, 1.807) is 7.05 Å². The molecule has 2 aromatic rings. The largest absolute Gasteiger partial charge is 0.444 e. The molecule has 30 heavy (non-hydrogen) atoms. The van der Waals surface area contributed by atoms with E-state index in [4.69, 9.17) is 10.2 Å². The molecule has 4 N–H and O–H groups in total. The van der Waals surface area contributed by atoms with Gasteiger partial charge in [0.2, 0.25) is 11.8 Å². The minimum atomic E-state index is -0.188. The van der Waals surface area contributed by atoms with E-state index in [1.807, 2.05) is 13.8 Å². The first-order valence-corrected chi connectivity index (χ1v) is 10.4. The predicted molar refractivity (Wildman–Crippen MR) is 117 cm³/mol. The third kappa shape index (κ3) is 6.06. The monoisotopic (exact) mass is 412 g/mol. The lowest BCUT2D eigenvalue weighted by molar-refractivity contribution is -0.123. The Morgan fingerprint density at radius 3 is 2.77 bits per heavy atom. The lowest BCUT2D eigenvalue weighted by Crippen LogP contribution is -2.40. The van der Waals surface area contributed by atoms with Crippen molar-refractivity contribution in [3.63, 3.8) is 0 Å². The SMILES string of the molecule is CN=C(NCc1cccc(CN2CCCC(C(N)=O)C2)c1)NCc1nc(C)c(C)o1. The number of hydrogen-bond donors (Lipinski definition) is 3. The topological polar surface area (TPSA) is 109 Å². The van der Waals surface area contributed by atoms with Crippen molar-refractivity contribution in [3.8, 4) is 0 Å². The molecule has 1 aromatic heterocycles. The van der Waals surface area contributed by atoms with Gasteiger partial charge in [-0.2, -0.15) is 0 Å². The zero-order valence-electron chi connectivity index (χ0n) is 18.1. The number of nitrogens with two attached hydrogens (primary N) is 1. The first-order chi connectivity index (χ1) is 14.4. The fourth-order valence-corrected chi connectivity index (χ4v) is 3.71. The number of aryl methyl sites for hydroxylation is 2. The lowest BCUT2D eigenvalue weighted by Gasteiger charge is -2.31. The molecule has 1 aliphatic heterocycles. The molecule has 1 unspecified atom stereocenters. The molecule has 8 heteroatoms. The van der Waals surface area contributed by atoms with Crippen molar-refractivity contribution in [1.29, 1.82) is 0 Å². The van der Waals surface area contributed by atoms with E-state index in [9.17, 15) is 4.79 Å². The number of nitrogens with one attached hydrogen (secondary N) is 2. The van der Waals surface area contributed by atoms with E-state index in [0.717, 1.165) is 43.9 Å². The van der Waals surface area contributed by atoms with Gasteiger partial charge in [-0.3, -0.25) is 14.7 Å². The van der Waals surface area contributed by atoms with Gasteiger partial charge in [0.05, 0.1) is 18.2 Å². The summed E-state index contributed by atoms with van der Waals surface area (Å²) in [6, 6.07) is 8.47. The highest BCUT2D eigenvalue weighted by Gasteiger charge is 2.23. The van der Waals surface area contributed by atoms with Crippen LogP contribution in [0.1, 0.15) is 41.3 Å². The molecule has 0 spiro atoms. The Hall–Kier alpha value is -2.87. The summed E-state index contributed by atoms with van der Waals surface area (Å²) >= 11 is 0. The average molecular weight is 413 g/mol. The Balaban J connectivity index is 1.51. The summed E-state index contributed by atoms with van der Waals surface area (Å²) in [6.45, 7) is 7.54. The fourth-order valence-electron chi connectivity index (χ4n) is 3.71. The molecule has 0 saturated carbocycles. The van der Waals surface area contributed by atoms with E-state index in [0.29, 0.717) is 24.9 Å². The quantitative estimate of drug-likeness (QED) is 0.473. The second-order valence-corrected chi connectivity index (χ2v) is 7.83. The highest BCUT2D eigenvalue weighted by molar-refractivity contribution is 5.79. The molecule has 3 rings (SSSR count). The Bertz CT molecular complexity index is 872. The molecule has 2 heterocycles. The number of piperidine rings is 1. The Morgan fingerprint density at radius 2 is 2.07 bits per heavy atom. The van der Waals surface area contributed by atoms with Crippen LogP contribution in [0.5, 0.6) is 0 Å². The normalized spacial score (nSPS) is 17.7. The van der Waals surface area contributed by atoms with Crippen LogP contribution in [0.2, 0.25) is 0 Å². The number of hydrogen-bond acceptors (Lipinski definition) is 5. The van der Waals surface area contributed by atoms with E-state index >= 15 is 0 Å². The number of benzene rings is 1. The van der Waals surface area contributed by atoms with Crippen LogP contribution in [0.25, 0.3) is 0 Å². The molecule has 1 saturated heterocycles. The van der Waals surface area contributed by atoms with Crippen molar-refractivity contribution in [1.82, 2.24) is 20.5 Å². The number of carbonyl (C=O) groups excluding carboxylic acids is 1. The number of aliphatic imine (C=N–C) groups is 1. The molecule has 162 valence electrons. The Kier molecular flexibility index (Phi) is 7.46. The van der Waals surface area contributed by atoms with Crippen molar-refractivity contribution < 1.29 is 9.21 Å². The number of guanidine groups is 1. The molecule has 0 radical (unpaired) electrons. The van der Waals surface area contributed by atoms with Gasteiger partial charge in [0.1, 0.15) is 5.76 Å². The van der Waals surface area contributed by atoms with Crippen LogP contribution in [0.4, 0.5) is 0 Å². The number of aromatic nitrogens is 1. The van der Waals surface area contributed by atoms with Gasteiger partial charge in [-0.25, -0.2) is 4.98 Å². The van der Waals surface area contributed by atoms with Gasteiger partial charge in [0.15, 0.2) is 5.96 Å². The number of carbonyl (C=O) groups is 1. The average Bonchev–Trinajstić information content (AvgIpc) is 3.06. The number of oxazole rings is 1. The predicted octanol–water partition coefficient (Wildman–Crippen LogP) is 1.85. The zero-order valence-corrected chi connectivity index (χ0v) is 18.1. The maximum Gasteiger partial charge on any atom is 0.221 e. The van der Waals surface area contributed by atoms with Crippen LogP contribution in [-0.2, 0) is 24.4 Å². The molecular formula is C22H32N6O2. The number of primary amides is 1. The maximum absolute atomic E-state index is 11.5. The van der Waals surface area contributed by atoms with E-state index in [1.165, 1.54) is 11.1 Å². The molecule has 8 nitrogen and oxygen atoms in total. The van der Waals surface area contributed by atoms with Gasteiger partial charge in [0, 0.05) is 26.7 Å². The molecule has 1 amide bonds. The van der Waals surface area contributed by atoms with Gasteiger partial charge in [-0.05, 0) is 44.4 Å². The van der Waals surface area contributed by atoms with Gasteiger partial charge >= 0.3 is 0 Å². The van der Waals surface area contributed by atoms with Crippen molar-refractivity contribution in [2.75, 3.05) is 20.1 Å². The highest BCUT2D eigenvalue weighted by atomic mass is 16.4. The van der Waals surface area contributed by atoms with Gasteiger partial charge < -0.3 is 20.8 Å². The second kappa shape index (κ2) is 10.2. The van der Waals surface area contributed by atoms with Gasteiger partial charge in [-0.15, -0.1) is 0 Å². The van der Waals surface area contributed by atoms with Crippen LogP contribution >= 0.6 is 0 Å². The molecule has 1 fully saturated rings. The molecule has 1 aromatic carbocycles. The smallest absolute Gasteiger partial charge is 0.221 e. The molecular weight excluding hydrogens is 380 g/mol. The van der Waals surface area contributed by atoms with Crippen molar-refractivity contribution in [2.45, 2.75) is 46.3 Å². The van der Waals surface area contributed by atoms with E-state index < -0.39 is 0 Å². The van der Waals surface area contributed by atoms with Gasteiger partial charge in [-0.1, -0.05) is 24.3 Å². The number of nitrogens with zero attached hydrogens (tertiary/aromatic N) is 3. The maximum atomic E-state index is 11.5. The third-order valence-corrected chi connectivity index (χ3v) is 5.47. The first-order valence-electron chi connectivity index (χ1n) is 10.4. The summed E-state index contributed by atoms with van der Waals surface area (Å²) in [6.07, 6.45) is 1.91.